The van der Waals surface area contributed by atoms with Crippen molar-refractivity contribution in [1.82, 2.24) is 4.90 Å². The highest BCUT2D eigenvalue weighted by Gasteiger charge is 2.14. The van der Waals surface area contributed by atoms with Gasteiger partial charge in [-0.05, 0) is 51.1 Å². The molecule has 1 aliphatic heterocycles. The summed E-state index contributed by atoms with van der Waals surface area (Å²) in [6, 6.07) is 8.31. The molecule has 3 nitrogen and oxygen atoms in total. The van der Waals surface area contributed by atoms with E-state index in [1.165, 1.54) is 25.9 Å². The van der Waals surface area contributed by atoms with Crippen LogP contribution in [0.25, 0.3) is 0 Å². The van der Waals surface area contributed by atoms with Gasteiger partial charge in [0.1, 0.15) is 0 Å². The van der Waals surface area contributed by atoms with E-state index >= 15 is 0 Å². The second-order valence-corrected chi connectivity index (χ2v) is 5.81. The van der Waals surface area contributed by atoms with E-state index in [0.717, 1.165) is 16.7 Å². The van der Waals surface area contributed by atoms with Crippen molar-refractivity contribution in [3.8, 4) is 6.07 Å². The molecule has 1 aromatic rings. The van der Waals surface area contributed by atoms with Crippen molar-refractivity contribution < 1.29 is 0 Å². The van der Waals surface area contributed by atoms with Crippen LogP contribution in [0.15, 0.2) is 22.7 Å². The van der Waals surface area contributed by atoms with Gasteiger partial charge < -0.3 is 10.2 Å². The van der Waals surface area contributed by atoms with Crippen molar-refractivity contribution in [1.29, 1.82) is 5.26 Å². The third-order valence-electron chi connectivity index (χ3n) is 3.17. The Kier molecular flexibility index (Phi) is 4.62. The van der Waals surface area contributed by atoms with Gasteiger partial charge in [-0.15, -0.1) is 0 Å². The van der Waals surface area contributed by atoms with Crippen LogP contribution in [0.5, 0.6) is 0 Å². The number of nitrogens with one attached hydrogen (secondary N) is 1. The Morgan fingerprint density at radius 1 is 1.39 bits per heavy atom. The maximum Gasteiger partial charge on any atom is 0.0992 e. The van der Waals surface area contributed by atoms with Crippen molar-refractivity contribution in [2.75, 3.05) is 25.0 Å². The smallest absolute Gasteiger partial charge is 0.0992 e. The Morgan fingerprint density at radius 3 is 2.78 bits per heavy atom. The van der Waals surface area contributed by atoms with Gasteiger partial charge in [0.25, 0.3) is 0 Å². The van der Waals surface area contributed by atoms with Crippen LogP contribution < -0.4 is 5.32 Å². The molecule has 0 spiro atoms. The summed E-state index contributed by atoms with van der Waals surface area (Å²) in [5.41, 5.74) is 1.69. The molecule has 1 N–H and O–H groups in total. The summed E-state index contributed by atoms with van der Waals surface area (Å²) in [6.07, 6.45) is 2.64. The van der Waals surface area contributed by atoms with Crippen LogP contribution in [0.2, 0.25) is 0 Å². The molecule has 4 heteroatoms. The van der Waals surface area contributed by atoms with Gasteiger partial charge in [0, 0.05) is 22.7 Å². The Labute approximate surface area is 117 Å². The third-order valence-corrected chi connectivity index (χ3v) is 3.63. The third kappa shape index (κ3) is 3.72. The molecule has 1 fully saturated rings. The zero-order valence-corrected chi connectivity index (χ0v) is 12.2. The molecule has 96 valence electrons. The molecule has 0 bridgehead atoms. The first-order chi connectivity index (χ1) is 8.67. The average molecular weight is 308 g/mol. The normalized spacial score (nSPS) is 17.4. The monoisotopic (exact) mass is 307 g/mol. The molecule has 0 amide bonds. The van der Waals surface area contributed by atoms with E-state index in [1.807, 2.05) is 18.2 Å². The summed E-state index contributed by atoms with van der Waals surface area (Å²) in [7, 11) is 0. The number of likely N-dealkylation sites (tertiary alicyclic amines) is 1. The van der Waals surface area contributed by atoms with Crippen LogP contribution in [0.3, 0.4) is 0 Å². The summed E-state index contributed by atoms with van der Waals surface area (Å²) in [6.45, 7) is 5.68. The Bertz CT molecular complexity index is 447. The molecule has 1 aliphatic rings. The number of hydrogen-bond acceptors (Lipinski definition) is 3. The van der Waals surface area contributed by atoms with Crippen molar-refractivity contribution in [3.05, 3.63) is 28.2 Å². The van der Waals surface area contributed by atoms with Crippen LogP contribution in [0.4, 0.5) is 5.69 Å². The Morgan fingerprint density at radius 2 is 2.11 bits per heavy atom. The minimum Gasteiger partial charge on any atom is -0.381 e. The highest BCUT2D eigenvalue weighted by molar-refractivity contribution is 9.10. The maximum atomic E-state index is 8.94. The lowest BCUT2D eigenvalue weighted by molar-refractivity contribution is 0.328. The van der Waals surface area contributed by atoms with Crippen LogP contribution >= 0.6 is 15.9 Å². The molecule has 0 aromatic heterocycles. The zero-order valence-electron chi connectivity index (χ0n) is 10.6. The second-order valence-electron chi connectivity index (χ2n) is 4.89. The van der Waals surface area contributed by atoms with Gasteiger partial charge in [0.15, 0.2) is 0 Å². The molecule has 0 radical (unpaired) electrons. The predicted molar refractivity (Wildman–Crippen MR) is 77.6 cm³/mol. The van der Waals surface area contributed by atoms with E-state index in [2.05, 4.69) is 39.1 Å². The minimum atomic E-state index is 0.393. The van der Waals surface area contributed by atoms with Crippen LogP contribution in [-0.4, -0.2) is 30.6 Å². The van der Waals surface area contributed by atoms with Crippen LogP contribution in [-0.2, 0) is 0 Å². The first kappa shape index (κ1) is 13.4. The fourth-order valence-corrected chi connectivity index (χ4v) is 2.91. The van der Waals surface area contributed by atoms with Crippen molar-refractivity contribution in [2.24, 2.45) is 0 Å². The molecule has 0 saturated carbocycles. The molecule has 1 aromatic carbocycles. The van der Waals surface area contributed by atoms with E-state index < -0.39 is 0 Å². The SMILES string of the molecule is CC(CN1CCCC1)Nc1cc(Br)cc(C#N)c1. The first-order valence-electron chi connectivity index (χ1n) is 6.37. The zero-order chi connectivity index (χ0) is 13.0. The topological polar surface area (TPSA) is 39.1 Å². The molecule has 0 aliphatic carbocycles. The highest BCUT2D eigenvalue weighted by Crippen LogP contribution is 2.20. The largest absolute Gasteiger partial charge is 0.381 e. The standard InChI is InChI=1S/C14H18BrN3/c1-11(10-18-4-2-3-5-18)17-14-7-12(9-16)6-13(15)8-14/h6-8,11,17H,2-5,10H2,1H3. The van der Waals surface area contributed by atoms with E-state index in [0.29, 0.717) is 11.6 Å². The molecule has 1 atom stereocenters. The lowest BCUT2D eigenvalue weighted by Crippen LogP contribution is -2.32. The van der Waals surface area contributed by atoms with Crippen LogP contribution in [0, 0.1) is 11.3 Å². The van der Waals surface area contributed by atoms with Gasteiger partial charge in [0.2, 0.25) is 0 Å². The summed E-state index contributed by atoms with van der Waals surface area (Å²) < 4.78 is 0.942. The average Bonchev–Trinajstić information content (AvgIpc) is 2.80. The molecule has 1 heterocycles. The number of rotatable bonds is 4. The number of nitrogens with zero attached hydrogens (tertiary/aromatic N) is 2. The fraction of sp³-hybridized carbons (Fsp3) is 0.500. The summed E-state index contributed by atoms with van der Waals surface area (Å²) in [5, 5.41) is 12.4. The van der Waals surface area contributed by atoms with E-state index in [-0.39, 0.29) is 0 Å². The van der Waals surface area contributed by atoms with Crippen molar-refractivity contribution in [3.63, 3.8) is 0 Å². The second kappa shape index (κ2) is 6.21. The van der Waals surface area contributed by atoms with Crippen LogP contribution in [0.1, 0.15) is 25.3 Å². The molecule has 1 saturated heterocycles. The van der Waals surface area contributed by atoms with E-state index in [4.69, 9.17) is 5.26 Å². The lowest BCUT2D eigenvalue weighted by Gasteiger charge is -2.22. The number of benzene rings is 1. The first-order valence-corrected chi connectivity index (χ1v) is 7.16. The highest BCUT2D eigenvalue weighted by atomic mass is 79.9. The molecular formula is C14H18BrN3. The quantitative estimate of drug-likeness (QED) is 0.928. The van der Waals surface area contributed by atoms with Gasteiger partial charge in [-0.1, -0.05) is 15.9 Å². The molecule has 2 rings (SSSR count). The van der Waals surface area contributed by atoms with E-state index in [9.17, 15) is 0 Å². The number of nitriles is 1. The van der Waals surface area contributed by atoms with Gasteiger partial charge in [-0.25, -0.2) is 0 Å². The number of anilines is 1. The van der Waals surface area contributed by atoms with E-state index in [1.54, 1.807) is 0 Å². The van der Waals surface area contributed by atoms with Gasteiger partial charge in [0.05, 0.1) is 11.6 Å². The van der Waals surface area contributed by atoms with Gasteiger partial charge in [-0.3, -0.25) is 0 Å². The molecule has 1 unspecified atom stereocenters. The Hall–Kier alpha value is -1.05. The van der Waals surface area contributed by atoms with Crippen molar-refractivity contribution in [2.45, 2.75) is 25.8 Å². The predicted octanol–water partition coefficient (Wildman–Crippen LogP) is 3.22. The maximum absolute atomic E-state index is 8.94. The van der Waals surface area contributed by atoms with Crippen molar-refractivity contribution >= 4 is 21.6 Å². The fourth-order valence-electron chi connectivity index (χ4n) is 2.42. The molecule has 18 heavy (non-hydrogen) atoms. The Balaban J connectivity index is 1.95. The minimum absolute atomic E-state index is 0.393. The summed E-state index contributed by atoms with van der Waals surface area (Å²) >= 11 is 3.43. The lowest BCUT2D eigenvalue weighted by atomic mass is 10.2. The number of halogens is 1. The van der Waals surface area contributed by atoms with Gasteiger partial charge >= 0.3 is 0 Å². The number of hydrogen-bond donors (Lipinski definition) is 1. The van der Waals surface area contributed by atoms with Gasteiger partial charge in [-0.2, -0.15) is 5.26 Å². The summed E-state index contributed by atoms with van der Waals surface area (Å²) in [4.78, 5) is 2.49. The molecular weight excluding hydrogens is 290 g/mol. The summed E-state index contributed by atoms with van der Waals surface area (Å²) in [5.74, 6) is 0.